The zero-order chi connectivity index (χ0) is 13.0. The third-order valence-corrected chi connectivity index (χ3v) is 2.16. The molecule has 7 heteroatoms. The van der Waals surface area contributed by atoms with E-state index in [0.717, 1.165) is 0 Å². The van der Waals surface area contributed by atoms with Crippen LogP contribution in [0.25, 0.3) is 0 Å². The molecule has 1 rings (SSSR count). The van der Waals surface area contributed by atoms with Gasteiger partial charge in [-0.15, -0.1) is 0 Å². The lowest BCUT2D eigenvalue weighted by Gasteiger charge is -2.10. The first kappa shape index (κ1) is 12.8. The van der Waals surface area contributed by atoms with Crippen LogP contribution in [0.15, 0.2) is 12.1 Å². The molecule has 0 saturated carbocycles. The van der Waals surface area contributed by atoms with Crippen molar-refractivity contribution in [2.24, 2.45) is 0 Å². The van der Waals surface area contributed by atoms with Gasteiger partial charge in [-0.25, -0.2) is 0 Å². The monoisotopic (exact) mass is 240 g/mol. The van der Waals surface area contributed by atoms with Crippen molar-refractivity contribution >= 4 is 17.3 Å². The van der Waals surface area contributed by atoms with Gasteiger partial charge in [0.15, 0.2) is 0 Å². The van der Waals surface area contributed by atoms with Crippen molar-refractivity contribution in [3.8, 4) is 5.75 Å². The molecule has 17 heavy (non-hydrogen) atoms. The van der Waals surface area contributed by atoms with Gasteiger partial charge in [0.25, 0.3) is 5.69 Å². The molecule has 0 unspecified atom stereocenters. The van der Waals surface area contributed by atoms with Crippen molar-refractivity contribution in [1.82, 2.24) is 0 Å². The number of nitro groups is 1. The summed E-state index contributed by atoms with van der Waals surface area (Å²) in [5, 5.41) is 10.7. The van der Waals surface area contributed by atoms with Crippen molar-refractivity contribution < 1.29 is 19.2 Å². The minimum atomic E-state index is -0.587. The molecule has 0 radical (unpaired) electrons. The van der Waals surface area contributed by atoms with Gasteiger partial charge in [-0.2, -0.15) is 0 Å². The Balaban J connectivity index is 3.23. The summed E-state index contributed by atoms with van der Waals surface area (Å²) < 4.78 is 9.49. The molecular weight excluding hydrogens is 228 g/mol. The molecule has 0 aliphatic carbocycles. The molecule has 92 valence electrons. The summed E-state index contributed by atoms with van der Waals surface area (Å²) in [6.45, 7) is 0. The van der Waals surface area contributed by atoms with E-state index in [-0.39, 0.29) is 23.5 Å². The summed E-state index contributed by atoms with van der Waals surface area (Å²) in [6.07, 6.45) is -0.133. The predicted octanol–water partition coefficient (Wildman–Crippen LogP) is 0.901. The van der Waals surface area contributed by atoms with E-state index in [1.54, 1.807) is 0 Å². The number of esters is 1. The van der Waals surface area contributed by atoms with Crippen molar-refractivity contribution in [2.75, 3.05) is 20.0 Å². The number of anilines is 1. The summed E-state index contributed by atoms with van der Waals surface area (Å²) in [5.41, 5.74) is 5.85. The van der Waals surface area contributed by atoms with Crippen molar-refractivity contribution in [2.45, 2.75) is 6.42 Å². The van der Waals surface area contributed by atoms with E-state index in [4.69, 9.17) is 10.5 Å². The molecule has 0 aromatic heterocycles. The van der Waals surface area contributed by atoms with Crippen LogP contribution < -0.4 is 10.5 Å². The third kappa shape index (κ3) is 2.83. The van der Waals surface area contributed by atoms with Crippen LogP contribution in [0.2, 0.25) is 0 Å². The normalized spacial score (nSPS) is 9.76. The molecule has 7 nitrogen and oxygen atoms in total. The van der Waals surface area contributed by atoms with Gasteiger partial charge in [0.2, 0.25) is 0 Å². The molecule has 0 bridgehead atoms. The van der Waals surface area contributed by atoms with Gasteiger partial charge in [0.05, 0.1) is 31.3 Å². The molecule has 0 spiro atoms. The summed E-state index contributed by atoms with van der Waals surface area (Å²) >= 11 is 0. The Labute approximate surface area is 97.3 Å². The van der Waals surface area contributed by atoms with E-state index in [1.165, 1.54) is 26.4 Å². The molecule has 1 aromatic carbocycles. The molecule has 0 saturated heterocycles. The number of hydrogen-bond acceptors (Lipinski definition) is 6. The number of hydrogen-bond donors (Lipinski definition) is 1. The summed E-state index contributed by atoms with van der Waals surface area (Å²) in [4.78, 5) is 21.2. The molecule has 1 aromatic rings. The summed E-state index contributed by atoms with van der Waals surface area (Å²) in [5.74, 6) is -0.274. The predicted molar refractivity (Wildman–Crippen MR) is 59.8 cm³/mol. The van der Waals surface area contributed by atoms with Crippen LogP contribution in [0.4, 0.5) is 11.4 Å². The van der Waals surface area contributed by atoms with Gasteiger partial charge in [-0.1, -0.05) is 0 Å². The first-order valence-corrected chi connectivity index (χ1v) is 4.67. The SMILES string of the molecule is COC(=O)Cc1cc([N+](=O)[O-])cc(N)c1OC. The standard InChI is InChI=1S/C10H12N2O5/c1-16-9(13)4-6-3-7(12(14)15)5-8(11)10(6)17-2/h3,5H,4,11H2,1-2H3. The van der Waals surface area contributed by atoms with Crippen LogP contribution in [0.1, 0.15) is 5.56 Å². The Bertz CT molecular complexity index is 458. The highest BCUT2D eigenvalue weighted by Gasteiger charge is 2.17. The maximum atomic E-state index is 11.2. The first-order chi connectivity index (χ1) is 7.99. The second-order valence-corrected chi connectivity index (χ2v) is 3.24. The van der Waals surface area contributed by atoms with Crippen LogP contribution in [0.5, 0.6) is 5.75 Å². The minimum Gasteiger partial charge on any atom is -0.494 e. The van der Waals surface area contributed by atoms with Gasteiger partial charge in [0.1, 0.15) is 5.75 Å². The molecular formula is C10H12N2O5. The number of methoxy groups -OCH3 is 2. The van der Waals surface area contributed by atoms with Crippen molar-refractivity contribution in [3.05, 3.63) is 27.8 Å². The zero-order valence-electron chi connectivity index (χ0n) is 9.43. The lowest BCUT2D eigenvalue weighted by molar-refractivity contribution is -0.384. The molecule has 2 N–H and O–H groups in total. The van der Waals surface area contributed by atoms with E-state index in [9.17, 15) is 14.9 Å². The van der Waals surface area contributed by atoms with Crippen LogP contribution in [-0.2, 0) is 16.0 Å². The Morgan fingerprint density at radius 3 is 2.59 bits per heavy atom. The highest BCUT2D eigenvalue weighted by molar-refractivity contribution is 5.76. The molecule has 0 atom stereocenters. The number of non-ortho nitro benzene ring substituents is 1. The largest absolute Gasteiger partial charge is 0.494 e. The number of ether oxygens (including phenoxy) is 2. The number of carbonyl (C=O) groups is 1. The lowest BCUT2D eigenvalue weighted by atomic mass is 10.1. The van der Waals surface area contributed by atoms with Crippen molar-refractivity contribution in [3.63, 3.8) is 0 Å². The smallest absolute Gasteiger partial charge is 0.310 e. The zero-order valence-corrected chi connectivity index (χ0v) is 9.43. The minimum absolute atomic E-state index is 0.112. The highest BCUT2D eigenvalue weighted by Crippen LogP contribution is 2.31. The Morgan fingerprint density at radius 1 is 1.47 bits per heavy atom. The summed E-state index contributed by atoms with van der Waals surface area (Å²) in [7, 11) is 2.60. The van der Waals surface area contributed by atoms with E-state index in [0.29, 0.717) is 5.56 Å². The van der Waals surface area contributed by atoms with Crippen LogP contribution >= 0.6 is 0 Å². The van der Waals surface area contributed by atoms with Gasteiger partial charge in [-0.05, 0) is 0 Å². The Morgan fingerprint density at radius 2 is 2.12 bits per heavy atom. The van der Waals surface area contributed by atoms with Gasteiger partial charge in [0, 0.05) is 17.7 Å². The molecule has 0 aliphatic heterocycles. The fraction of sp³-hybridized carbons (Fsp3) is 0.300. The molecule has 0 aliphatic rings. The topological polar surface area (TPSA) is 105 Å². The second-order valence-electron chi connectivity index (χ2n) is 3.24. The number of nitrogens with zero attached hydrogens (tertiary/aromatic N) is 1. The van der Waals surface area contributed by atoms with Crippen LogP contribution in [0.3, 0.4) is 0 Å². The third-order valence-electron chi connectivity index (χ3n) is 2.16. The van der Waals surface area contributed by atoms with E-state index in [2.05, 4.69) is 4.74 Å². The number of carbonyl (C=O) groups excluding carboxylic acids is 1. The number of nitrogen functional groups attached to an aromatic ring is 1. The van der Waals surface area contributed by atoms with E-state index >= 15 is 0 Å². The number of nitro benzene ring substituents is 1. The highest BCUT2D eigenvalue weighted by atomic mass is 16.6. The average molecular weight is 240 g/mol. The first-order valence-electron chi connectivity index (χ1n) is 4.67. The number of benzene rings is 1. The Hall–Kier alpha value is -2.31. The maximum Gasteiger partial charge on any atom is 0.310 e. The second kappa shape index (κ2) is 5.15. The summed E-state index contributed by atoms with van der Waals surface area (Å²) in [6, 6.07) is 2.42. The number of rotatable bonds is 4. The number of nitrogens with two attached hydrogens (primary N) is 1. The average Bonchev–Trinajstić information content (AvgIpc) is 2.28. The quantitative estimate of drug-likeness (QED) is 0.363. The fourth-order valence-corrected chi connectivity index (χ4v) is 1.41. The lowest BCUT2D eigenvalue weighted by Crippen LogP contribution is -2.08. The molecule has 0 amide bonds. The Kier molecular flexibility index (Phi) is 3.86. The van der Waals surface area contributed by atoms with Crippen LogP contribution in [0, 0.1) is 10.1 Å². The van der Waals surface area contributed by atoms with E-state index < -0.39 is 10.9 Å². The van der Waals surface area contributed by atoms with Crippen LogP contribution in [-0.4, -0.2) is 25.1 Å². The molecule has 0 fully saturated rings. The van der Waals surface area contributed by atoms with Gasteiger partial charge in [-0.3, -0.25) is 14.9 Å². The van der Waals surface area contributed by atoms with Gasteiger partial charge < -0.3 is 15.2 Å². The van der Waals surface area contributed by atoms with Gasteiger partial charge >= 0.3 is 5.97 Å². The van der Waals surface area contributed by atoms with E-state index in [1.807, 2.05) is 0 Å². The maximum absolute atomic E-state index is 11.2. The van der Waals surface area contributed by atoms with Crippen molar-refractivity contribution in [1.29, 1.82) is 0 Å². The fourth-order valence-electron chi connectivity index (χ4n) is 1.41. The molecule has 0 heterocycles.